The molecule has 2 aliphatic rings. The number of nitrogens with zero attached hydrogens (tertiary/aromatic N) is 2. The van der Waals surface area contributed by atoms with Crippen LogP contribution in [0.1, 0.15) is 42.6 Å². The van der Waals surface area contributed by atoms with Crippen molar-refractivity contribution in [2.45, 2.75) is 38.6 Å². The van der Waals surface area contributed by atoms with Crippen LogP contribution in [0.15, 0.2) is 36.6 Å². The SMILES string of the molecule is C=C(N)c1c(NC)sc2c1CCc1nn(C(C)C3=CCCC=C3)cc1-2.NC=O. The molecule has 0 spiro atoms. The third-order valence-electron chi connectivity index (χ3n) is 5.12. The maximum atomic E-state index is 8.58. The molecule has 2 aromatic heterocycles. The Morgan fingerprint density at radius 3 is 2.79 bits per heavy atom. The van der Waals surface area contributed by atoms with Crippen LogP contribution < -0.4 is 16.8 Å². The highest BCUT2D eigenvalue weighted by Crippen LogP contribution is 2.46. The lowest BCUT2D eigenvalue weighted by molar-refractivity contribution is -0.106. The van der Waals surface area contributed by atoms with Crippen molar-refractivity contribution in [3.05, 3.63) is 53.4 Å². The topological polar surface area (TPSA) is 99.0 Å². The molecule has 0 saturated carbocycles. The van der Waals surface area contributed by atoms with Gasteiger partial charge in [0.1, 0.15) is 0 Å². The fourth-order valence-corrected chi connectivity index (χ4v) is 5.05. The molecule has 148 valence electrons. The molecule has 0 bridgehead atoms. The second-order valence-corrected chi connectivity index (χ2v) is 7.88. The van der Waals surface area contributed by atoms with E-state index in [0.29, 0.717) is 5.70 Å². The van der Waals surface area contributed by atoms with Crippen LogP contribution in [0.25, 0.3) is 16.1 Å². The molecule has 1 unspecified atom stereocenters. The molecule has 0 aromatic carbocycles. The van der Waals surface area contributed by atoms with Crippen LogP contribution in [0.5, 0.6) is 0 Å². The Morgan fingerprint density at radius 1 is 1.43 bits per heavy atom. The zero-order valence-corrected chi connectivity index (χ0v) is 17.2. The van der Waals surface area contributed by atoms with E-state index in [0.717, 1.165) is 36.2 Å². The van der Waals surface area contributed by atoms with Crippen LogP contribution in [0, 0.1) is 0 Å². The number of primary amides is 1. The summed E-state index contributed by atoms with van der Waals surface area (Å²) < 4.78 is 2.12. The highest BCUT2D eigenvalue weighted by molar-refractivity contribution is 7.20. The molecule has 28 heavy (non-hydrogen) atoms. The first-order valence-corrected chi connectivity index (χ1v) is 10.2. The van der Waals surface area contributed by atoms with Gasteiger partial charge in [0.2, 0.25) is 6.41 Å². The summed E-state index contributed by atoms with van der Waals surface area (Å²) in [6.45, 7) is 6.20. The molecular weight excluding hydrogens is 370 g/mol. The van der Waals surface area contributed by atoms with Crippen molar-refractivity contribution in [3.63, 3.8) is 0 Å². The number of fused-ring (bicyclic) bond motifs is 3. The second kappa shape index (κ2) is 8.48. The maximum Gasteiger partial charge on any atom is 0.204 e. The molecule has 6 nitrogen and oxygen atoms in total. The highest BCUT2D eigenvalue weighted by atomic mass is 32.1. The number of aryl methyl sites for hydroxylation is 1. The zero-order valence-electron chi connectivity index (χ0n) is 16.4. The second-order valence-electron chi connectivity index (χ2n) is 6.85. The normalized spacial score (nSPS) is 15.4. The first kappa shape index (κ1) is 19.9. The number of aromatic nitrogens is 2. The number of carbonyl (C=O) groups is 1. The fourth-order valence-electron chi connectivity index (χ4n) is 3.78. The van der Waals surface area contributed by atoms with Crippen LogP contribution >= 0.6 is 11.3 Å². The van der Waals surface area contributed by atoms with Gasteiger partial charge in [0, 0.05) is 34.9 Å². The summed E-state index contributed by atoms with van der Waals surface area (Å²) in [5.74, 6) is 0. The molecular formula is C21H27N5OS. The van der Waals surface area contributed by atoms with E-state index in [1.54, 1.807) is 11.3 Å². The van der Waals surface area contributed by atoms with Gasteiger partial charge in [0.15, 0.2) is 0 Å². The molecule has 2 heterocycles. The van der Waals surface area contributed by atoms with Crippen molar-refractivity contribution in [2.24, 2.45) is 11.5 Å². The van der Waals surface area contributed by atoms with Gasteiger partial charge in [0.25, 0.3) is 0 Å². The standard InChI is InChI=1S/C20H24N4S.CH3NO/c1-12(21)18-15-9-10-17-16(19(15)25-20(18)22-3)11-24(23-17)13(2)14-7-5-4-6-8-14;2-1-3/h5,7-8,11,13,22H,1,4,6,9-10,21H2,2-3H3;1H,(H2,2,3). The van der Waals surface area contributed by atoms with Crippen molar-refractivity contribution in [1.82, 2.24) is 9.78 Å². The highest BCUT2D eigenvalue weighted by Gasteiger charge is 2.28. The lowest BCUT2D eigenvalue weighted by atomic mass is 9.93. The smallest absolute Gasteiger partial charge is 0.204 e. The van der Waals surface area contributed by atoms with E-state index in [1.807, 2.05) is 7.05 Å². The number of amides is 1. The Kier molecular flexibility index (Phi) is 6.04. The molecule has 1 amide bonds. The average molecular weight is 398 g/mol. The largest absolute Gasteiger partial charge is 0.399 e. The Labute approximate surface area is 169 Å². The Morgan fingerprint density at radius 2 is 2.18 bits per heavy atom. The monoisotopic (exact) mass is 397 g/mol. The molecule has 1 atom stereocenters. The van der Waals surface area contributed by atoms with Gasteiger partial charge in [0.05, 0.1) is 16.7 Å². The van der Waals surface area contributed by atoms with Gasteiger partial charge in [-0.15, -0.1) is 11.3 Å². The van der Waals surface area contributed by atoms with E-state index in [1.165, 1.54) is 27.3 Å². The predicted octanol–water partition coefficient (Wildman–Crippen LogP) is 3.62. The number of rotatable bonds is 4. The van der Waals surface area contributed by atoms with Gasteiger partial charge in [-0.3, -0.25) is 9.48 Å². The number of allylic oxidation sites excluding steroid dienone is 4. The van der Waals surface area contributed by atoms with Crippen LogP contribution in [-0.4, -0.2) is 23.2 Å². The summed E-state index contributed by atoms with van der Waals surface area (Å²) in [6, 6.07) is 0.262. The summed E-state index contributed by atoms with van der Waals surface area (Å²) in [5, 5.41) is 9.29. The van der Waals surface area contributed by atoms with E-state index in [4.69, 9.17) is 15.6 Å². The van der Waals surface area contributed by atoms with Crippen LogP contribution in [0.2, 0.25) is 0 Å². The third-order valence-corrected chi connectivity index (χ3v) is 6.41. The first-order chi connectivity index (χ1) is 13.5. The van der Waals surface area contributed by atoms with Gasteiger partial charge >= 0.3 is 0 Å². The summed E-state index contributed by atoms with van der Waals surface area (Å²) in [7, 11) is 1.94. The van der Waals surface area contributed by atoms with Crippen LogP contribution in [-0.2, 0) is 17.6 Å². The molecule has 5 N–H and O–H groups in total. The molecule has 0 saturated heterocycles. The van der Waals surface area contributed by atoms with Crippen molar-refractivity contribution in [1.29, 1.82) is 0 Å². The summed E-state index contributed by atoms with van der Waals surface area (Å²) in [6.07, 6.45) is 13.5. The van der Waals surface area contributed by atoms with Gasteiger partial charge in [-0.2, -0.15) is 5.10 Å². The van der Waals surface area contributed by atoms with Crippen LogP contribution in [0.4, 0.5) is 5.00 Å². The maximum absolute atomic E-state index is 8.58. The van der Waals surface area contributed by atoms with Gasteiger partial charge in [-0.25, -0.2) is 0 Å². The lowest BCUT2D eigenvalue weighted by Gasteiger charge is -2.16. The number of hydrogen-bond acceptors (Lipinski definition) is 5. The number of thiophene rings is 1. The minimum Gasteiger partial charge on any atom is -0.399 e. The van der Waals surface area contributed by atoms with Crippen molar-refractivity contribution >= 4 is 28.4 Å². The lowest BCUT2D eigenvalue weighted by Crippen LogP contribution is -2.09. The fraction of sp³-hybridized carbons (Fsp3) is 0.333. The minimum absolute atomic E-state index is 0.250. The molecule has 2 aromatic rings. The van der Waals surface area contributed by atoms with Gasteiger partial charge < -0.3 is 16.8 Å². The Balaban J connectivity index is 0.000000706. The molecule has 2 aliphatic carbocycles. The van der Waals surface area contributed by atoms with E-state index in [9.17, 15) is 0 Å². The molecule has 0 fully saturated rings. The molecule has 7 heteroatoms. The first-order valence-electron chi connectivity index (χ1n) is 9.40. The van der Waals surface area contributed by atoms with E-state index in [-0.39, 0.29) is 12.5 Å². The quantitative estimate of drug-likeness (QED) is 0.686. The van der Waals surface area contributed by atoms with E-state index >= 15 is 0 Å². The van der Waals surface area contributed by atoms with Crippen molar-refractivity contribution < 1.29 is 4.79 Å². The molecule has 4 rings (SSSR count). The predicted molar refractivity (Wildman–Crippen MR) is 117 cm³/mol. The average Bonchev–Trinajstić information content (AvgIpc) is 3.29. The number of anilines is 1. The zero-order chi connectivity index (χ0) is 20.3. The number of nitrogens with two attached hydrogens (primary N) is 2. The Hall–Kier alpha value is -2.80. The Bertz CT molecular complexity index is 950. The summed E-state index contributed by atoms with van der Waals surface area (Å²) in [4.78, 5) is 9.87. The summed E-state index contributed by atoms with van der Waals surface area (Å²) in [5.41, 5.74) is 17.1. The summed E-state index contributed by atoms with van der Waals surface area (Å²) >= 11 is 1.76. The van der Waals surface area contributed by atoms with E-state index < -0.39 is 0 Å². The number of carbonyl (C=O) groups excluding carboxylic acids is 1. The molecule has 0 radical (unpaired) electrons. The van der Waals surface area contributed by atoms with Crippen molar-refractivity contribution in [2.75, 3.05) is 12.4 Å². The minimum atomic E-state index is 0.250. The van der Waals surface area contributed by atoms with Gasteiger partial charge in [-0.1, -0.05) is 24.8 Å². The van der Waals surface area contributed by atoms with E-state index in [2.05, 4.69) is 53.7 Å². The van der Waals surface area contributed by atoms with Crippen LogP contribution in [0.3, 0.4) is 0 Å². The third kappa shape index (κ3) is 3.62. The van der Waals surface area contributed by atoms with Gasteiger partial charge in [-0.05, 0) is 43.7 Å². The number of hydrogen-bond donors (Lipinski definition) is 3. The molecule has 0 aliphatic heterocycles. The van der Waals surface area contributed by atoms with Crippen molar-refractivity contribution in [3.8, 4) is 10.4 Å². The number of nitrogens with one attached hydrogen (secondary N) is 1.